The van der Waals surface area contributed by atoms with Crippen molar-refractivity contribution in [1.82, 2.24) is 0 Å². The third kappa shape index (κ3) is 4.46. The van der Waals surface area contributed by atoms with Gasteiger partial charge in [-0.05, 0) is 44.2 Å². The van der Waals surface area contributed by atoms with Gasteiger partial charge in [-0.3, -0.25) is 4.79 Å². The Morgan fingerprint density at radius 1 is 1.26 bits per heavy atom. The minimum absolute atomic E-state index is 0.417. The van der Waals surface area contributed by atoms with Crippen LogP contribution in [-0.4, -0.2) is 25.1 Å². The first-order valence-electron chi connectivity index (χ1n) is 6.82. The van der Waals surface area contributed by atoms with Gasteiger partial charge in [0.25, 0.3) is 5.91 Å². The fourth-order valence-corrected chi connectivity index (χ4v) is 2.75. The largest absolute Gasteiger partial charge is 0.495 e. The standard InChI is InChI=1S/C16H16ClNO4S/c1-9-4-7-14(23-9)16(20)22-10(2)15(19)18-12-8-11(17)5-6-13(12)21-3/h4-8,10H,1-3H3,(H,18,19). The van der Waals surface area contributed by atoms with E-state index in [1.807, 2.05) is 13.0 Å². The maximum atomic E-state index is 12.2. The van der Waals surface area contributed by atoms with Crippen molar-refractivity contribution in [3.63, 3.8) is 0 Å². The zero-order valence-electron chi connectivity index (χ0n) is 12.9. The SMILES string of the molecule is COc1ccc(Cl)cc1NC(=O)C(C)OC(=O)c1ccc(C)s1. The van der Waals surface area contributed by atoms with Crippen molar-refractivity contribution >= 4 is 40.5 Å². The zero-order chi connectivity index (χ0) is 17.0. The second-order valence-corrected chi connectivity index (χ2v) is 6.52. The second kappa shape index (κ2) is 7.48. The molecule has 0 spiro atoms. The number of rotatable bonds is 5. The van der Waals surface area contributed by atoms with Crippen LogP contribution in [0.4, 0.5) is 5.69 Å². The smallest absolute Gasteiger partial charge is 0.349 e. The van der Waals surface area contributed by atoms with E-state index in [0.29, 0.717) is 21.3 Å². The number of carbonyl (C=O) groups is 2. The predicted octanol–water partition coefficient (Wildman–Crippen LogP) is 3.90. The molecule has 122 valence electrons. The number of nitrogens with one attached hydrogen (secondary N) is 1. The second-order valence-electron chi connectivity index (χ2n) is 4.79. The molecule has 1 aromatic heterocycles. The quantitative estimate of drug-likeness (QED) is 0.828. The highest BCUT2D eigenvalue weighted by Crippen LogP contribution is 2.28. The van der Waals surface area contributed by atoms with Crippen molar-refractivity contribution in [2.45, 2.75) is 20.0 Å². The molecule has 0 radical (unpaired) electrons. The number of benzene rings is 1. The van der Waals surface area contributed by atoms with Crippen molar-refractivity contribution in [2.75, 3.05) is 12.4 Å². The number of aryl methyl sites for hydroxylation is 1. The number of carbonyl (C=O) groups excluding carboxylic acids is 2. The number of hydrogen-bond donors (Lipinski definition) is 1. The fourth-order valence-electron chi connectivity index (χ4n) is 1.83. The van der Waals surface area contributed by atoms with Crippen LogP contribution in [0.15, 0.2) is 30.3 Å². The average Bonchev–Trinajstić information content (AvgIpc) is 2.94. The van der Waals surface area contributed by atoms with E-state index in [2.05, 4.69) is 5.32 Å². The molecule has 1 aromatic carbocycles. The van der Waals surface area contributed by atoms with Gasteiger partial charge in [0.05, 0.1) is 12.8 Å². The Labute approximate surface area is 143 Å². The highest BCUT2D eigenvalue weighted by atomic mass is 35.5. The number of halogens is 1. The summed E-state index contributed by atoms with van der Waals surface area (Å²) in [5, 5.41) is 3.10. The molecule has 1 atom stereocenters. The molecule has 0 saturated carbocycles. The van der Waals surface area contributed by atoms with Crippen LogP contribution in [0.5, 0.6) is 5.75 Å². The Kier molecular flexibility index (Phi) is 5.63. The van der Waals surface area contributed by atoms with E-state index < -0.39 is 18.0 Å². The number of ether oxygens (including phenoxy) is 2. The van der Waals surface area contributed by atoms with Gasteiger partial charge >= 0.3 is 5.97 Å². The van der Waals surface area contributed by atoms with Gasteiger partial charge in [-0.25, -0.2) is 4.79 Å². The summed E-state index contributed by atoms with van der Waals surface area (Å²) >= 11 is 7.23. The molecule has 1 heterocycles. The molecule has 0 aliphatic heterocycles. The van der Waals surface area contributed by atoms with Crippen LogP contribution in [0, 0.1) is 6.92 Å². The van der Waals surface area contributed by atoms with Gasteiger partial charge in [-0.2, -0.15) is 0 Å². The van der Waals surface area contributed by atoms with Crippen molar-refractivity contribution in [2.24, 2.45) is 0 Å². The van der Waals surface area contributed by atoms with Gasteiger partial charge in [-0.1, -0.05) is 11.6 Å². The minimum atomic E-state index is -0.950. The van der Waals surface area contributed by atoms with Crippen molar-refractivity contribution < 1.29 is 19.1 Å². The Balaban J connectivity index is 2.03. The van der Waals surface area contributed by atoms with Crippen LogP contribution in [0.25, 0.3) is 0 Å². The summed E-state index contributed by atoms with van der Waals surface area (Å²) in [6.07, 6.45) is -0.950. The summed E-state index contributed by atoms with van der Waals surface area (Å²) in [5.74, 6) is -0.522. The number of esters is 1. The van der Waals surface area contributed by atoms with E-state index >= 15 is 0 Å². The lowest BCUT2D eigenvalue weighted by molar-refractivity contribution is -0.123. The normalized spacial score (nSPS) is 11.7. The summed E-state index contributed by atoms with van der Waals surface area (Å²) in [7, 11) is 1.49. The Morgan fingerprint density at radius 3 is 2.61 bits per heavy atom. The lowest BCUT2D eigenvalue weighted by atomic mass is 10.2. The summed E-state index contributed by atoms with van der Waals surface area (Å²) in [6.45, 7) is 3.40. The summed E-state index contributed by atoms with van der Waals surface area (Å²) in [5.41, 5.74) is 0.417. The van der Waals surface area contributed by atoms with Crippen molar-refractivity contribution in [3.05, 3.63) is 45.1 Å². The average molecular weight is 354 g/mol. The number of amides is 1. The van der Waals surface area contributed by atoms with E-state index in [1.165, 1.54) is 25.4 Å². The van der Waals surface area contributed by atoms with E-state index in [4.69, 9.17) is 21.1 Å². The molecule has 0 bridgehead atoms. The van der Waals surface area contributed by atoms with E-state index in [-0.39, 0.29) is 0 Å². The first-order valence-corrected chi connectivity index (χ1v) is 8.02. The Hall–Kier alpha value is -2.05. The van der Waals surface area contributed by atoms with Gasteiger partial charge in [-0.15, -0.1) is 11.3 Å². The van der Waals surface area contributed by atoms with Crippen LogP contribution in [-0.2, 0) is 9.53 Å². The van der Waals surface area contributed by atoms with E-state index in [9.17, 15) is 9.59 Å². The predicted molar refractivity (Wildman–Crippen MR) is 90.6 cm³/mol. The third-order valence-corrected chi connectivity index (χ3v) is 4.23. The lowest BCUT2D eigenvalue weighted by Crippen LogP contribution is -2.29. The maximum Gasteiger partial charge on any atom is 0.349 e. The lowest BCUT2D eigenvalue weighted by Gasteiger charge is -2.15. The number of thiophene rings is 1. The molecule has 1 N–H and O–H groups in total. The van der Waals surface area contributed by atoms with Crippen molar-refractivity contribution in [3.8, 4) is 5.75 Å². The van der Waals surface area contributed by atoms with Crippen LogP contribution in [0.2, 0.25) is 5.02 Å². The topological polar surface area (TPSA) is 64.6 Å². The summed E-state index contributed by atoms with van der Waals surface area (Å²) < 4.78 is 10.3. The molecule has 0 aliphatic rings. The molecule has 1 unspecified atom stereocenters. The molecule has 0 aliphatic carbocycles. The molecular weight excluding hydrogens is 338 g/mol. The van der Waals surface area contributed by atoms with Crippen LogP contribution in [0.3, 0.4) is 0 Å². The van der Waals surface area contributed by atoms with Crippen LogP contribution in [0.1, 0.15) is 21.5 Å². The molecule has 23 heavy (non-hydrogen) atoms. The third-order valence-electron chi connectivity index (χ3n) is 3.01. The van der Waals surface area contributed by atoms with Crippen LogP contribution >= 0.6 is 22.9 Å². The summed E-state index contributed by atoms with van der Waals surface area (Å²) in [4.78, 5) is 25.6. The van der Waals surface area contributed by atoms with Gasteiger partial charge in [0, 0.05) is 9.90 Å². The van der Waals surface area contributed by atoms with Gasteiger partial charge in [0.1, 0.15) is 10.6 Å². The number of methoxy groups -OCH3 is 1. The number of anilines is 1. The molecule has 0 fully saturated rings. The summed E-state index contributed by atoms with van der Waals surface area (Å²) in [6, 6.07) is 8.35. The molecule has 2 rings (SSSR count). The van der Waals surface area contributed by atoms with Crippen molar-refractivity contribution in [1.29, 1.82) is 0 Å². The molecule has 2 aromatic rings. The first kappa shape index (κ1) is 17.3. The Bertz CT molecular complexity index is 729. The Morgan fingerprint density at radius 2 is 2.00 bits per heavy atom. The number of hydrogen-bond acceptors (Lipinski definition) is 5. The minimum Gasteiger partial charge on any atom is -0.495 e. The monoisotopic (exact) mass is 353 g/mol. The molecule has 0 saturated heterocycles. The zero-order valence-corrected chi connectivity index (χ0v) is 14.5. The first-order chi connectivity index (χ1) is 10.9. The molecule has 5 nitrogen and oxygen atoms in total. The highest BCUT2D eigenvalue weighted by molar-refractivity contribution is 7.13. The van der Waals surface area contributed by atoms with Crippen LogP contribution < -0.4 is 10.1 Å². The molecule has 7 heteroatoms. The van der Waals surface area contributed by atoms with Gasteiger partial charge in [0.15, 0.2) is 6.10 Å². The van der Waals surface area contributed by atoms with Gasteiger partial charge in [0.2, 0.25) is 0 Å². The molecular formula is C16H16ClNO4S. The maximum absolute atomic E-state index is 12.2. The molecule has 1 amide bonds. The van der Waals surface area contributed by atoms with E-state index in [0.717, 1.165) is 4.88 Å². The fraction of sp³-hybridized carbons (Fsp3) is 0.250. The van der Waals surface area contributed by atoms with E-state index in [1.54, 1.807) is 24.3 Å². The highest BCUT2D eigenvalue weighted by Gasteiger charge is 2.21. The van der Waals surface area contributed by atoms with Gasteiger partial charge < -0.3 is 14.8 Å².